The van der Waals surface area contributed by atoms with Crippen molar-refractivity contribution in [1.29, 1.82) is 0 Å². The van der Waals surface area contributed by atoms with Gasteiger partial charge in [-0.3, -0.25) is 0 Å². The highest BCUT2D eigenvalue weighted by atomic mass is 32.2. The van der Waals surface area contributed by atoms with Gasteiger partial charge in [-0.1, -0.05) is 67.6 Å². The molecule has 1 fully saturated rings. The molecule has 1 N–H and O–H groups in total. The molecule has 6 nitrogen and oxygen atoms in total. The van der Waals surface area contributed by atoms with Gasteiger partial charge in [0, 0.05) is 43.7 Å². The first-order chi connectivity index (χ1) is 18.0. The number of rotatable bonds is 8. The van der Waals surface area contributed by atoms with E-state index >= 15 is 0 Å². The summed E-state index contributed by atoms with van der Waals surface area (Å²) < 4.78 is 25.1. The van der Waals surface area contributed by atoms with Crippen molar-refractivity contribution in [2.45, 2.75) is 18.2 Å². The van der Waals surface area contributed by atoms with Crippen LogP contribution in [0.25, 0.3) is 33.2 Å². The molecule has 0 amide bonds. The second kappa shape index (κ2) is 11.0. The number of sulfone groups is 1. The molecule has 4 aromatic rings. The van der Waals surface area contributed by atoms with Crippen molar-refractivity contribution in [1.82, 2.24) is 9.88 Å². The van der Waals surface area contributed by atoms with Crippen molar-refractivity contribution in [2.75, 3.05) is 50.0 Å². The number of hydrogen-bond acceptors (Lipinski definition) is 6. The van der Waals surface area contributed by atoms with Crippen LogP contribution in [0, 0.1) is 0 Å². The van der Waals surface area contributed by atoms with Gasteiger partial charge in [0.1, 0.15) is 5.82 Å². The average Bonchev–Trinajstić information content (AvgIpc) is 2.95. The van der Waals surface area contributed by atoms with Gasteiger partial charge in [0.15, 0.2) is 9.84 Å². The van der Waals surface area contributed by atoms with Gasteiger partial charge in [0.2, 0.25) is 0 Å². The molecular formula is C30H33N3O3S. The first-order valence-corrected chi connectivity index (χ1v) is 14.6. The van der Waals surface area contributed by atoms with Crippen LogP contribution in [0.15, 0.2) is 83.8 Å². The largest absolute Gasteiger partial charge is 0.396 e. The minimum Gasteiger partial charge on any atom is -0.396 e. The molecule has 1 saturated heterocycles. The fourth-order valence-corrected chi connectivity index (χ4v) is 6.30. The molecule has 0 atom stereocenters. The third-order valence-corrected chi connectivity index (χ3v) is 8.95. The van der Waals surface area contributed by atoms with Gasteiger partial charge in [-0.05, 0) is 47.7 Å². The van der Waals surface area contributed by atoms with Crippen molar-refractivity contribution in [3.63, 3.8) is 0 Å². The number of anilines is 1. The molecular weight excluding hydrogens is 482 g/mol. The molecule has 0 radical (unpaired) electrons. The maximum Gasteiger partial charge on any atom is 0.178 e. The molecule has 0 spiro atoms. The quantitative estimate of drug-likeness (QED) is 0.361. The highest BCUT2D eigenvalue weighted by molar-refractivity contribution is 7.91. The minimum absolute atomic E-state index is 0.0598. The maximum atomic E-state index is 12.6. The Morgan fingerprint density at radius 1 is 0.865 bits per heavy atom. The van der Waals surface area contributed by atoms with Gasteiger partial charge in [-0.2, -0.15) is 0 Å². The summed E-state index contributed by atoms with van der Waals surface area (Å²) in [6, 6.07) is 25.7. The van der Waals surface area contributed by atoms with Crippen molar-refractivity contribution < 1.29 is 13.5 Å². The Hall–Kier alpha value is -3.26. The summed E-state index contributed by atoms with van der Waals surface area (Å²) in [5.74, 6) is 0.958. The second-order valence-electron chi connectivity index (χ2n) is 9.44. The fraction of sp³-hybridized carbons (Fsp3) is 0.300. The lowest BCUT2D eigenvalue weighted by Gasteiger charge is -2.35. The molecule has 1 aromatic heterocycles. The lowest BCUT2D eigenvalue weighted by Crippen LogP contribution is -2.46. The summed E-state index contributed by atoms with van der Waals surface area (Å²) in [7, 11) is -3.41. The highest BCUT2D eigenvalue weighted by Gasteiger charge is 2.21. The van der Waals surface area contributed by atoms with E-state index in [1.165, 1.54) is 0 Å². The number of benzene rings is 3. The van der Waals surface area contributed by atoms with Crippen LogP contribution in [0.4, 0.5) is 5.82 Å². The summed E-state index contributed by atoms with van der Waals surface area (Å²) in [4.78, 5) is 10.3. The van der Waals surface area contributed by atoms with Crippen LogP contribution in [0.5, 0.6) is 0 Å². The standard InChI is InChI=1S/C30H33N3O3S/c1-2-32-16-18-33(19-17-32)30-27-10-4-3-8-24(27)22-29(31-30)28-11-6-5-9-26(28)23-12-14-25(15-13-23)37(35,36)21-7-20-34/h3-6,8-15,22,34H,2,7,16-21H2,1H3. The number of aliphatic hydroxyl groups is 1. The summed E-state index contributed by atoms with van der Waals surface area (Å²) in [6.07, 6.45) is 0.233. The van der Waals surface area contributed by atoms with E-state index in [1.54, 1.807) is 12.1 Å². The topological polar surface area (TPSA) is 73.7 Å². The van der Waals surface area contributed by atoms with E-state index in [-0.39, 0.29) is 23.7 Å². The van der Waals surface area contributed by atoms with Crippen LogP contribution in [0.3, 0.4) is 0 Å². The summed E-state index contributed by atoms with van der Waals surface area (Å²) in [5, 5.41) is 11.3. The number of aliphatic hydroxyl groups excluding tert-OH is 1. The predicted molar refractivity (Wildman–Crippen MR) is 151 cm³/mol. The summed E-state index contributed by atoms with van der Waals surface area (Å²) in [6.45, 7) is 7.08. The molecule has 37 heavy (non-hydrogen) atoms. The van der Waals surface area contributed by atoms with E-state index in [9.17, 15) is 8.42 Å². The normalized spacial score (nSPS) is 14.8. The lowest BCUT2D eigenvalue weighted by atomic mass is 9.96. The predicted octanol–water partition coefficient (Wildman–Crippen LogP) is 4.87. The Kier molecular flexibility index (Phi) is 7.55. The zero-order chi connectivity index (χ0) is 25.8. The van der Waals surface area contributed by atoms with Crippen LogP contribution in [0.2, 0.25) is 0 Å². The molecule has 1 aliphatic rings. The van der Waals surface area contributed by atoms with Crippen LogP contribution in [-0.4, -0.2) is 68.5 Å². The van der Waals surface area contributed by atoms with E-state index in [0.29, 0.717) is 0 Å². The van der Waals surface area contributed by atoms with Gasteiger partial charge >= 0.3 is 0 Å². The monoisotopic (exact) mass is 515 g/mol. The highest BCUT2D eigenvalue weighted by Crippen LogP contribution is 2.36. The number of likely N-dealkylation sites (N-methyl/N-ethyl adjacent to an activating group) is 1. The molecule has 0 unspecified atom stereocenters. The zero-order valence-electron chi connectivity index (χ0n) is 21.2. The Morgan fingerprint density at radius 2 is 1.54 bits per heavy atom. The van der Waals surface area contributed by atoms with Gasteiger partial charge in [0.05, 0.1) is 16.3 Å². The lowest BCUT2D eigenvalue weighted by molar-refractivity contribution is 0.271. The van der Waals surface area contributed by atoms with E-state index in [4.69, 9.17) is 10.1 Å². The van der Waals surface area contributed by atoms with Crippen LogP contribution < -0.4 is 4.90 Å². The maximum absolute atomic E-state index is 12.6. The number of fused-ring (bicyclic) bond motifs is 1. The third-order valence-electron chi connectivity index (χ3n) is 7.14. The average molecular weight is 516 g/mol. The van der Waals surface area contributed by atoms with Crippen LogP contribution in [-0.2, 0) is 9.84 Å². The molecule has 0 bridgehead atoms. The summed E-state index contributed by atoms with van der Waals surface area (Å²) in [5.41, 5.74) is 3.86. The summed E-state index contributed by atoms with van der Waals surface area (Å²) >= 11 is 0. The number of pyridine rings is 1. The number of hydrogen-bond donors (Lipinski definition) is 1. The number of piperazine rings is 1. The number of nitrogens with zero attached hydrogens (tertiary/aromatic N) is 3. The molecule has 1 aliphatic heterocycles. The Labute approximate surface area is 219 Å². The van der Waals surface area contributed by atoms with Crippen molar-refractivity contribution in [3.05, 3.63) is 78.9 Å². The Bertz CT molecular complexity index is 1480. The first kappa shape index (κ1) is 25.4. The van der Waals surface area contributed by atoms with Crippen molar-refractivity contribution in [3.8, 4) is 22.4 Å². The van der Waals surface area contributed by atoms with E-state index < -0.39 is 9.84 Å². The SMILES string of the molecule is CCN1CCN(c2nc(-c3ccccc3-c3ccc(S(=O)(=O)CCCO)cc3)cc3ccccc23)CC1. The van der Waals surface area contributed by atoms with Gasteiger partial charge < -0.3 is 14.9 Å². The van der Waals surface area contributed by atoms with Crippen molar-refractivity contribution >= 4 is 26.4 Å². The van der Waals surface area contributed by atoms with E-state index in [1.807, 2.05) is 24.3 Å². The second-order valence-corrected chi connectivity index (χ2v) is 11.5. The zero-order valence-corrected chi connectivity index (χ0v) is 22.0. The molecule has 0 saturated carbocycles. The van der Waals surface area contributed by atoms with Crippen LogP contribution in [0.1, 0.15) is 13.3 Å². The third kappa shape index (κ3) is 5.39. The van der Waals surface area contributed by atoms with Crippen LogP contribution >= 0.6 is 0 Å². The molecule has 0 aliphatic carbocycles. The molecule has 5 rings (SSSR count). The van der Waals surface area contributed by atoms with Gasteiger partial charge in [0.25, 0.3) is 0 Å². The smallest absolute Gasteiger partial charge is 0.178 e. The van der Waals surface area contributed by atoms with Crippen molar-refractivity contribution in [2.24, 2.45) is 0 Å². The van der Waals surface area contributed by atoms with E-state index in [0.717, 1.165) is 71.7 Å². The first-order valence-electron chi connectivity index (χ1n) is 12.9. The minimum atomic E-state index is -3.41. The number of aromatic nitrogens is 1. The Balaban J connectivity index is 1.54. The van der Waals surface area contributed by atoms with Gasteiger partial charge in [-0.25, -0.2) is 13.4 Å². The molecule has 2 heterocycles. The molecule has 3 aromatic carbocycles. The fourth-order valence-electron chi connectivity index (χ4n) is 5.01. The van der Waals surface area contributed by atoms with E-state index in [2.05, 4.69) is 59.2 Å². The molecule has 7 heteroatoms. The Morgan fingerprint density at radius 3 is 2.24 bits per heavy atom. The van der Waals surface area contributed by atoms with Gasteiger partial charge in [-0.15, -0.1) is 0 Å². The molecule has 192 valence electrons.